The van der Waals surface area contributed by atoms with Gasteiger partial charge in [0, 0.05) is 12.4 Å². The standard InChI is InChI=1S/C18H14N4/c1-13-6-2-3-7-15(13)14-9-10-17-20-21-18(22(17)12-14)16-8-4-5-11-19-16/h2-12H,1H3. The number of hydrogen-bond acceptors (Lipinski definition) is 3. The number of fused-ring (bicyclic) bond motifs is 1. The lowest BCUT2D eigenvalue weighted by atomic mass is 10.0. The van der Waals surface area contributed by atoms with Crippen LogP contribution in [0.4, 0.5) is 0 Å². The van der Waals surface area contributed by atoms with Crippen molar-refractivity contribution in [3.63, 3.8) is 0 Å². The molecule has 4 rings (SSSR count). The molecule has 0 saturated carbocycles. The Balaban J connectivity index is 1.92. The molecule has 4 aromatic rings. The number of aryl methyl sites for hydroxylation is 1. The topological polar surface area (TPSA) is 43.1 Å². The first-order valence-electron chi connectivity index (χ1n) is 7.15. The van der Waals surface area contributed by atoms with E-state index in [1.54, 1.807) is 6.20 Å². The molecule has 0 unspecified atom stereocenters. The predicted molar refractivity (Wildman–Crippen MR) is 86.4 cm³/mol. The van der Waals surface area contributed by atoms with Gasteiger partial charge in [-0.3, -0.25) is 9.38 Å². The summed E-state index contributed by atoms with van der Waals surface area (Å²) in [5.74, 6) is 0.756. The Hall–Kier alpha value is -3.01. The first-order valence-corrected chi connectivity index (χ1v) is 7.15. The fourth-order valence-corrected chi connectivity index (χ4v) is 2.62. The number of rotatable bonds is 2. The minimum atomic E-state index is 0.756. The summed E-state index contributed by atoms with van der Waals surface area (Å²) in [6.07, 6.45) is 3.84. The molecule has 22 heavy (non-hydrogen) atoms. The maximum atomic E-state index is 4.37. The van der Waals surface area contributed by atoms with Crippen molar-refractivity contribution in [3.05, 3.63) is 72.6 Å². The largest absolute Gasteiger partial charge is 0.281 e. The van der Waals surface area contributed by atoms with Crippen LogP contribution >= 0.6 is 0 Å². The normalized spacial score (nSPS) is 11.0. The lowest BCUT2D eigenvalue weighted by Gasteiger charge is -2.07. The van der Waals surface area contributed by atoms with E-state index >= 15 is 0 Å². The molecule has 0 aliphatic heterocycles. The van der Waals surface area contributed by atoms with Gasteiger partial charge in [-0.25, -0.2) is 0 Å². The van der Waals surface area contributed by atoms with Gasteiger partial charge < -0.3 is 0 Å². The lowest BCUT2D eigenvalue weighted by molar-refractivity contribution is 1.09. The second-order valence-corrected chi connectivity index (χ2v) is 5.20. The molecule has 0 fully saturated rings. The van der Waals surface area contributed by atoms with E-state index in [1.807, 2.05) is 28.7 Å². The van der Waals surface area contributed by atoms with Gasteiger partial charge in [-0.2, -0.15) is 0 Å². The molecule has 0 atom stereocenters. The molecule has 0 aliphatic carbocycles. The predicted octanol–water partition coefficient (Wildman–Crippen LogP) is 3.77. The molecule has 4 nitrogen and oxygen atoms in total. The van der Waals surface area contributed by atoms with E-state index in [9.17, 15) is 0 Å². The highest BCUT2D eigenvalue weighted by Crippen LogP contribution is 2.25. The van der Waals surface area contributed by atoms with E-state index in [-0.39, 0.29) is 0 Å². The van der Waals surface area contributed by atoms with Gasteiger partial charge in [0.2, 0.25) is 0 Å². The van der Waals surface area contributed by atoms with Gasteiger partial charge in [-0.15, -0.1) is 10.2 Å². The second-order valence-electron chi connectivity index (χ2n) is 5.20. The van der Waals surface area contributed by atoms with Gasteiger partial charge in [-0.1, -0.05) is 30.3 Å². The van der Waals surface area contributed by atoms with E-state index in [4.69, 9.17) is 0 Å². The van der Waals surface area contributed by atoms with Crippen molar-refractivity contribution >= 4 is 5.65 Å². The zero-order chi connectivity index (χ0) is 14.9. The molecule has 3 heterocycles. The van der Waals surface area contributed by atoms with Crippen LogP contribution in [0.3, 0.4) is 0 Å². The molecule has 3 aromatic heterocycles. The molecule has 0 spiro atoms. The maximum absolute atomic E-state index is 4.37. The van der Waals surface area contributed by atoms with E-state index in [0.29, 0.717) is 0 Å². The van der Waals surface area contributed by atoms with Crippen LogP contribution in [0.15, 0.2) is 67.0 Å². The Morgan fingerprint density at radius 1 is 0.864 bits per heavy atom. The van der Waals surface area contributed by atoms with Crippen LogP contribution in [-0.4, -0.2) is 19.6 Å². The Bertz CT molecular complexity index is 942. The Kier molecular flexibility index (Phi) is 2.93. The molecule has 4 heteroatoms. The molecule has 0 N–H and O–H groups in total. The van der Waals surface area contributed by atoms with Crippen molar-refractivity contribution in [3.8, 4) is 22.6 Å². The summed E-state index contributed by atoms with van der Waals surface area (Å²) in [5, 5.41) is 8.50. The fourth-order valence-electron chi connectivity index (χ4n) is 2.62. The SMILES string of the molecule is Cc1ccccc1-c1ccc2nnc(-c3ccccn3)n2c1. The summed E-state index contributed by atoms with van der Waals surface area (Å²) in [6, 6.07) is 18.2. The molecule has 0 amide bonds. The van der Waals surface area contributed by atoms with E-state index in [1.165, 1.54) is 11.1 Å². The highest BCUT2D eigenvalue weighted by atomic mass is 15.2. The number of aromatic nitrogens is 4. The summed E-state index contributed by atoms with van der Waals surface area (Å²) in [7, 11) is 0. The highest BCUT2D eigenvalue weighted by molar-refractivity contribution is 5.69. The first-order chi connectivity index (χ1) is 10.8. The van der Waals surface area contributed by atoms with E-state index in [2.05, 4.69) is 58.6 Å². The molecule has 1 aromatic carbocycles. The van der Waals surface area contributed by atoms with Gasteiger partial charge in [0.05, 0.1) is 0 Å². The summed E-state index contributed by atoms with van der Waals surface area (Å²) >= 11 is 0. The van der Waals surface area contributed by atoms with Gasteiger partial charge in [0.25, 0.3) is 0 Å². The van der Waals surface area contributed by atoms with Gasteiger partial charge >= 0.3 is 0 Å². The number of hydrogen-bond donors (Lipinski definition) is 0. The van der Waals surface area contributed by atoms with Crippen LogP contribution in [0, 0.1) is 6.92 Å². The first kappa shape index (κ1) is 12.7. The molecule has 106 valence electrons. The van der Waals surface area contributed by atoms with Crippen molar-refractivity contribution in [2.24, 2.45) is 0 Å². The lowest BCUT2D eigenvalue weighted by Crippen LogP contribution is -1.93. The van der Waals surface area contributed by atoms with Crippen LogP contribution in [0.25, 0.3) is 28.3 Å². The van der Waals surface area contributed by atoms with Crippen molar-refractivity contribution in [2.45, 2.75) is 6.92 Å². The second kappa shape index (κ2) is 5.07. The average Bonchev–Trinajstić information content (AvgIpc) is 2.99. The van der Waals surface area contributed by atoms with Crippen LogP contribution in [0.2, 0.25) is 0 Å². The van der Waals surface area contributed by atoms with Crippen LogP contribution in [0.5, 0.6) is 0 Å². The monoisotopic (exact) mass is 286 g/mol. The third kappa shape index (κ3) is 2.05. The van der Waals surface area contributed by atoms with Crippen molar-refractivity contribution < 1.29 is 0 Å². The number of nitrogens with zero attached hydrogens (tertiary/aromatic N) is 4. The molecular weight excluding hydrogens is 272 g/mol. The minimum Gasteiger partial charge on any atom is -0.281 e. The highest BCUT2D eigenvalue weighted by Gasteiger charge is 2.10. The molecule has 0 saturated heterocycles. The summed E-state index contributed by atoms with van der Waals surface area (Å²) in [4.78, 5) is 4.37. The van der Waals surface area contributed by atoms with Crippen LogP contribution in [0.1, 0.15) is 5.56 Å². The molecular formula is C18H14N4. The third-order valence-electron chi connectivity index (χ3n) is 3.75. The van der Waals surface area contributed by atoms with Gasteiger partial charge in [0.1, 0.15) is 5.69 Å². The summed E-state index contributed by atoms with van der Waals surface area (Å²) < 4.78 is 1.99. The molecule has 0 radical (unpaired) electrons. The van der Waals surface area contributed by atoms with Crippen molar-refractivity contribution in [2.75, 3.05) is 0 Å². The molecule has 0 aliphatic rings. The third-order valence-corrected chi connectivity index (χ3v) is 3.75. The van der Waals surface area contributed by atoms with Crippen molar-refractivity contribution in [1.82, 2.24) is 19.6 Å². The zero-order valence-corrected chi connectivity index (χ0v) is 12.1. The average molecular weight is 286 g/mol. The summed E-state index contributed by atoms with van der Waals surface area (Å²) in [5.41, 5.74) is 5.23. The fraction of sp³-hybridized carbons (Fsp3) is 0.0556. The van der Waals surface area contributed by atoms with E-state index < -0.39 is 0 Å². The Labute approximate surface area is 128 Å². The van der Waals surface area contributed by atoms with Gasteiger partial charge in [-0.05, 0) is 47.9 Å². The minimum absolute atomic E-state index is 0.756. The smallest absolute Gasteiger partial charge is 0.187 e. The van der Waals surface area contributed by atoms with Crippen molar-refractivity contribution in [1.29, 1.82) is 0 Å². The Morgan fingerprint density at radius 2 is 1.73 bits per heavy atom. The Morgan fingerprint density at radius 3 is 2.55 bits per heavy atom. The summed E-state index contributed by atoms with van der Waals surface area (Å²) in [6.45, 7) is 2.12. The van der Waals surface area contributed by atoms with Gasteiger partial charge in [0.15, 0.2) is 11.5 Å². The maximum Gasteiger partial charge on any atom is 0.187 e. The molecule has 0 bridgehead atoms. The number of pyridine rings is 2. The zero-order valence-electron chi connectivity index (χ0n) is 12.1. The van der Waals surface area contributed by atoms with E-state index in [0.717, 1.165) is 22.7 Å². The number of benzene rings is 1. The van der Waals surface area contributed by atoms with Crippen LogP contribution < -0.4 is 0 Å². The van der Waals surface area contributed by atoms with Crippen LogP contribution in [-0.2, 0) is 0 Å². The quantitative estimate of drug-likeness (QED) is 0.563.